The first kappa shape index (κ1) is 12.3. The Kier molecular flexibility index (Phi) is 2.95. The molecule has 0 aromatic carbocycles. The van der Waals surface area contributed by atoms with Gasteiger partial charge in [0.2, 0.25) is 5.82 Å². The van der Waals surface area contributed by atoms with Gasteiger partial charge in [0.1, 0.15) is 5.56 Å². The van der Waals surface area contributed by atoms with Crippen LogP contribution in [0.1, 0.15) is 12.5 Å². The normalized spacial score (nSPS) is 10.8. The van der Waals surface area contributed by atoms with Gasteiger partial charge in [-0.1, -0.05) is 19.1 Å². The molecule has 0 radical (unpaired) electrons. The Morgan fingerprint density at radius 3 is 2.75 bits per heavy atom. The van der Waals surface area contributed by atoms with Gasteiger partial charge in [0.25, 0.3) is 11.5 Å². The topological polar surface area (TPSA) is 59.2 Å². The number of rotatable bonds is 2. The quantitative estimate of drug-likeness (QED) is 0.711. The van der Waals surface area contributed by atoms with E-state index in [1.807, 2.05) is 19.1 Å². The van der Waals surface area contributed by atoms with E-state index in [9.17, 15) is 9.90 Å². The van der Waals surface area contributed by atoms with Crippen LogP contribution in [0, 0.1) is 0 Å². The molecule has 3 heterocycles. The van der Waals surface area contributed by atoms with Crippen LogP contribution in [0.3, 0.4) is 0 Å². The highest BCUT2D eigenvalue weighted by molar-refractivity contribution is 5.42. The van der Waals surface area contributed by atoms with E-state index in [1.54, 1.807) is 41.1 Å². The number of fused-ring (bicyclic) bond motifs is 1. The van der Waals surface area contributed by atoms with E-state index in [2.05, 4.69) is 4.98 Å². The minimum Gasteiger partial charge on any atom is -0.477 e. The molecule has 1 N–H and O–H groups in total. The zero-order valence-corrected chi connectivity index (χ0v) is 11.0. The molecule has 100 valence electrons. The molecule has 0 aliphatic rings. The monoisotopic (exact) mass is 268 g/mol. The van der Waals surface area contributed by atoms with Gasteiger partial charge >= 0.3 is 5.56 Å². The summed E-state index contributed by atoms with van der Waals surface area (Å²) in [6.07, 6.45) is 3.82. The predicted molar refractivity (Wildman–Crippen MR) is 74.0 cm³/mol. The van der Waals surface area contributed by atoms with Crippen molar-refractivity contribution in [3.05, 3.63) is 64.7 Å². The van der Waals surface area contributed by atoms with Crippen molar-refractivity contribution >= 4 is 5.65 Å². The van der Waals surface area contributed by atoms with Gasteiger partial charge in [0, 0.05) is 18.3 Å². The van der Waals surface area contributed by atoms with Crippen LogP contribution in [0.2, 0.25) is 0 Å². The van der Waals surface area contributed by atoms with E-state index in [0.717, 1.165) is 0 Å². The summed E-state index contributed by atoms with van der Waals surface area (Å²) in [6.45, 7) is 1.84. The first-order valence-corrected chi connectivity index (χ1v) is 6.42. The second kappa shape index (κ2) is 4.77. The zero-order valence-electron chi connectivity index (χ0n) is 11.0. The fourth-order valence-electron chi connectivity index (χ4n) is 2.29. The molecule has 0 aliphatic heterocycles. The summed E-state index contributed by atoms with van der Waals surface area (Å²) < 4.78 is 3.10. The van der Waals surface area contributed by atoms with E-state index in [-0.39, 0.29) is 11.4 Å². The summed E-state index contributed by atoms with van der Waals surface area (Å²) in [5.74, 6) is 0.524. The van der Waals surface area contributed by atoms with Crippen LogP contribution < -0.4 is 9.96 Å². The summed E-state index contributed by atoms with van der Waals surface area (Å²) in [7, 11) is 0. The summed E-state index contributed by atoms with van der Waals surface area (Å²) in [5.41, 5.74) is 0.708. The molecular formula is C15H14N3O2+. The highest BCUT2D eigenvalue weighted by Gasteiger charge is 2.23. The number of nitrogens with zero attached hydrogens (tertiary/aromatic N) is 3. The number of hydrogen-bond acceptors (Lipinski definition) is 3. The van der Waals surface area contributed by atoms with Gasteiger partial charge in [-0.15, -0.1) is 4.57 Å². The van der Waals surface area contributed by atoms with Crippen molar-refractivity contribution in [2.45, 2.75) is 13.3 Å². The van der Waals surface area contributed by atoms with Crippen LogP contribution in [0.25, 0.3) is 11.5 Å². The van der Waals surface area contributed by atoms with Crippen molar-refractivity contribution in [3.63, 3.8) is 0 Å². The third-order valence-corrected chi connectivity index (χ3v) is 3.26. The molecule has 0 aliphatic carbocycles. The molecule has 3 aromatic rings. The second-order valence-electron chi connectivity index (χ2n) is 4.41. The highest BCUT2D eigenvalue weighted by atomic mass is 16.3. The maximum Gasteiger partial charge on any atom is 0.351 e. The minimum absolute atomic E-state index is 0.0136. The Morgan fingerprint density at radius 2 is 2.05 bits per heavy atom. The molecule has 0 atom stereocenters. The maximum absolute atomic E-state index is 12.6. The Bertz CT molecular complexity index is 826. The van der Waals surface area contributed by atoms with E-state index in [4.69, 9.17) is 0 Å². The Labute approximate surface area is 115 Å². The zero-order chi connectivity index (χ0) is 14.1. The molecule has 5 nitrogen and oxygen atoms in total. The fraction of sp³-hybridized carbons (Fsp3) is 0.133. The lowest BCUT2D eigenvalue weighted by Crippen LogP contribution is -2.36. The maximum atomic E-state index is 12.6. The van der Waals surface area contributed by atoms with Gasteiger partial charge < -0.3 is 5.11 Å². The number of hydrogen-bond donors (Lipinski definition) is 1. The van der Waals surface area contributed by atoms with Crippen LogP contribution >= 0.6 is 0 Å². The first-order valence-electron chi connectivity index (χ1n) is 6.42. The molecule has 0 unspecified atom stereocenters. The van der Waals surface area contributed by atoms with Gasteiger partial charge in [-0.05, 0) is 18.6 Å². The van der Waals surface area contributed by atoms with Crippen LogP contribution in [-0.4, -0.2) is 14.7 Å². The third-order valence-electron chi connectivity index (χ3n) is 3.26. The lowest BCUT2D eigenvalue weighted by atomic mass is 10.2. The number of aromatic nitrogens is 3. The van der Waals surface area contributed by atoms with E-state index < -0.39 is 0 Å². The van der Waals surface area contributed by atoms with Crippen LogP contribution in [0.5, 0.6) is 5.88 Å². The van der Waals surface area contributed by atoms with Crippen LogP contribution in [-0.2, 0) is 6.42 Å². The lowest BCUT2D eigenvalue weighted by molar-refractivity contribution is -0.527. The molecule has 0 fully saturated rings. The molecule has 0 spiro atoms. The average Bonchev–Trinajstić information content (AvgIpc) is 2.49. The van der Waals surface area contributed by atoms with Crippen molar-refractivity contribution in [1.29, 1.82) is 0 Å². The SMILES string of the molecule is CCc1c(O)[n+]2ccccc2n(-c2ccccn2)c1=O. The van der Waals surface area contributed by atoms with E-state index >= 15 is 0 Å². The van der Waals surface area contributed by atoms with Crippen molar-refractivity contribution in [2.24, 2.45) is 0 Å². The Balaban J connectivity index is 2.51. The Hall–Kier alpha value is -2.69. The van der Waals surface area contributed by atoms with Gasteiger partial charge in [-0.2, -0.15) is 4.40 Å². The van der Waals surface area contributed by atoms with Crippen molar-refractivity contribution in [1.82, 2.24) is 9.55 Å². The molecule has 20 heavy (non-hydrogen) atoms. The Morgan fingerprint density at radius 1 is 1.25 bits per heavy atom. The van der Waals surface area contributed by atoms with Gasteiger partial charge in [0.15, 0.2) is 0 Å². The lowest BCUT2D eigenvalue weighted by Gasteiger charge is -2.06. The van der Waals surface area contributed by atoms with Gasteiger partial charge in [-0.25, -0.2) is 9.78 Å². The van der Waals surface area contributed by atoms with Crippen LogP contribution in [0.15, 0.2) is 53.6 Å². The average molecular weight is 268 g/mol. The van der Waals surface area contributed by atoms with Crippen molar-refractivity contribution in [3.8, 4) is 11.7 Å². The van der Waals surface area contributed by atoms with Crippen LogP contribution in [0.4, 0.5) is 0 Å². The summed E-state index contributed by atoms with van der Waals surface area (Å²) in [6, 6.07) is 10.8. The standard InChI is InChI=1S/C15H13N3O2/c1-2-11-14(19)17-10-6-4-8-13(17)18(15(11)20)12-7-3-5-9-16-12/h3-10H,2H2,1H3/p+1. The summed E-state index contributed by atoms with van der Waals surface area (Å²) in [5, 5.41) is 10.2. The molecule has 3 rings (SSSR count). The molecule has 0 saturated heterocycles. The van der Waals surface area contributed by atoms with E-state index in [1.165, 1.54) is 4.57 Å². The number of pyridine rings is 2. The van der Waals surface area contributed by atoms with Gasteiger partial charge in [0.05, 0.1) is 6.20 Å². The predicted octanol–water partition coefficient (Wildman–Crippen LogP) is 1.24. The molecule has 5 heteroatoms. The molecular weight excluding hydrogens is 254 g/mol. The molecule has 0 saturated carbocycles. The number of aromatic hydroxyl groups is 1. The second-order valence-corrected chi connectivity index (χ2v) is 4.41. The third kappa shape index (κ3) is 1.75. The minimum atomic E-state index is -0.241. The first-order chi connectivity index (χ1) is 9.74. The molecule has 0 bridgehead atoms. The fourth-order valence-corrected chi connectivity index (χ4v) is 2.29. The van der Waals surface area contributed by atoms with Crippen molar-refractivity contribution in [2.75, 3.05) is 0 Å². The molecule has 0 amide bonds. The van der Waals surface area contributed by atoms with E-state index in [0.29, 0.717) is 23.4 Å². The highest BCUT2D eigenvalue weighted by Crippen LogP contribution is 2.12. The summed E-state index contributed by atoms with van der Waals surface area (Å²) in [4.78, 5) is 16.8. The summed E-state index contributed by atoms with van der Waals surface area (Å²) >= 11 is 0. The molecule has 3 aromatic heterocycles. The van der Waals surface area contributed by atoms with Crippen molar-refractivity contribution < 1.29 is 9.51 Å². The largest absolute Gasteiger partial charge is 0.477 e. The smallest absolute Gasteiger partial charge is 0.351 e. The van der Waals surface area contributed by atoms with Gasteiger partial charge in [-0.3, -0.25) is 0 Å².